The second-order valence-electron chi connectivity index (χ2n) is 7.67. The van der Waals surface area contributed by atoms with E-state index in [0.717, 1.165) is 31.2 Å². The van der Waals surface area contributed by atoms with E-state index in [4.69, 9.17) is 4.74 Å². The highest BCUT2D eigenvalue weighted by atomic mass is 16.5. The molecule has 1 aliphatic rings. The second kappa shape index (κ2) is 10.1. The van der Waals surface area contributed by atoms with Gasteiger partial charge in [-0.15, -0.1) is 0 Å². The molecular formula is C24H30N2O3. The van der Waals surface area contributed by atoms with Gasteiger partial charge in [0.1, 0.15) is 5.75 Å². The van der Waals surface area contributed by atoms with E-state index in [1.807, 2.05) is 56.3 Å². The first-order valence-electron chi connectivity index (χ1n) is 10.5. The molecule has 2 aromatic rings. The highest BCUT2D eigenvalue weighted by Gasteiger charge is 2.22. The zero-order valence-electron chi connectivity index (χ0n) is 17.2. The third-order valence-electron chi connectivity index (χ3n) is 5.40. The van der Waals surface area contributed by atoms with E-state index in [1.165, 1.54) is 6.42 Å². The van der Waals surface area contributed by atoms with E-state index in [1.54, 1.807) is 6.07 Å². The summed E-state index contributed by atoms with van der Waals surface area (Å²) in [7, 11) is 0. The lowest BCUT2D eigenvalue weighted by Gasteiger charge is -2.21. The number of amides is 2. The van der Waals surface area contributed by atoms with Crippen LogP contribution in [0.5, 0.6) is 5.75 Å². The van der Waals surface area contributed by atoms with Crippen LogP contribution in [0.25, 0.3) is 0 Å². The average molecular weight is 395 g/mol. The summed E-state index contributed by atoms with van der Waals surface area (Å²) < 4.78 is 5.92. The summed E-state index contributed by atoms with van der Waals surface area (Å²) in [6.07, 6.45) is 5.33. The second-order valence-corrected chi connectivity index (χ2v) is 7.67. The smallest absolute Gasteiger partial charge is 0.265 e. The Morgan fingerprint density at radius 2 is 1.69 bits per heavy atom. The summed E-state index contributed by atoms with van der Waals surface area (Å²) in [4.78, 5) is 25.2. The van der Waals surface area contributed by atoms with Gasteiger partial charge in [-0.3, -0.25) is 9.59 Å². The van der Waals surface area contributed by atoms with Gasteiger partial charge in [0.2, 0.25) is 5.91 Å². The summed E-state index contributed by atoms with van der Waals surface area (Å²) in [6, 6.07) is 14.9. The summed E-state index contributed by atoms with van der Waals surface area (Å²) in [5, 5.41) is 5.90. The molecule has 1 saturated carbocycles. The molecular weight excluding hydrogens is 364 g/mol. The van der Waals surface area contributed by atoms with Gasteiger partial charge < -0.3 is 15.4 Å². The zero-order chi connectivity index (χ0) is 20.6. The van der Waals surface area contributed by atoms with Crippen molar-refractivity contribution in [3.63, 3.8) is 0 Å². The third-order valence-corrected chi connectivity index (χ3v) is 5.40. The van der Waals surface area contributed by atoms with Crippen LogP contribution in [0.1, 0.15) is 51.0 Å². The van der Waals surface area contributed by atoms with Crippen LogP contribution in [0.4, 0.5) is 11.4 Å². The lowest BCUT2D eigenvalue weighted by molar-refractivity contribution is -0.123. The van der Waals surface area contributed by atoms with Crippen LogP contribution in [-0.2, 0) is 9.59 Å². The van der Waals surface area contributed by atoms with Crippen LogP contribution in [0.2, 0.25) is 0 Å². The molecule has 0 bridgehead atoms. The average Bonchev–Trinajstić information content (AvgIpc) is 2.74. The summed E-state index contributed by atoms with van der Waals surface area (Å²) in [5.74, 6) is 0.672. The van der Waals surface area contributed by atoms with Gasteiger partial charge in [-0.1, -0.05) is 50.5 Å². The minimum absolute atomic E-state index is 0.0718. The number of anilines is 2. The molecule has 0 heterocycles. The molecule has 1 fully saturated rings. The topological polar surface area (TPSA) is 67.4 Å². The van der Waals surface area contributed by atoms with Gasteiger partial charge in [-0.25, -0.2) is 0 Å². The lowest BCUT2D eigenvalue weighted by Crippen LogP contribution is -2.32. The van der Waals surface area contributed by atoms with Gasteiger partial charge >= 0.3 is 0 Å². The predicted octanol–water partition coefficient (Wildman–Crippen LogP) is 5.31. The minimum Gasteiger partial charge on any atom is -0.480 e. The van der Waals surface area contributed by atoms with Gasteiger partial charge in [0, 0.05) is 17.3 Å². The number of hydrogen-bond donors (Lipinski definition) is 2. The van der Waals surface area contributed by atoms with Crippen molar-refractivity contribution >= 4 is 23.2 Å². The molecule has 5 nitrogen and oxygen atoms in total. The fraction of sp³-hybridized carbons (Fsp3) is 0.417. The largest absolute Gasteiger partial charge is 0.480 e. The van der Waals surface area contributed by atoms with Crippen molar-refractivity contribution in [3.05, 3.63) is 54.1 Å². The standard InChI is InChI=1S/C24H30N2O3/c1-3-21(29-22-15-8-7-10-17(22)2)24(28)26-20-14-9-13-19(16-20)25-23(27)18-11-5-4-6-12-18/h7-10,13-16,18,21H,3-6,11-12H2,1-2H3,(H,25,27)(H,26,28). The van der Waals surface area contributed by atoms with E-state index in [-0.39, 0.29) is 17.7 Å². The number of aryl methyl sites for hydroxylation is 1. The number of carbonyl (C=O) groups is 2. The van der Waals surface area contributed by atoms with Gasteiger partial charge in [0.25, 0.3) is 5.91 Å². The molecule has 0 aliphatic heterocycles. The Balaban J connectivity index is 1.61. The molecule has 0 aromatic heterocycles. The molecule has 2 aromatic carbocycles. The van der Waals surface area contributed by atoms with E-state index >= 15 is 0 Å². The number of ether oxygens (including phenoxy) is 1. The van der Waals surface area contributed by atoms with E-state index in [2.05, 4.69) is 10.6 Å². The summed E-state index contributed by atoms with van der Waals surface area (Å²) in [5.41, 5.74) is 2.33. The molecule has 1 atom stereocenters. The Morgan fingerprint density at radius 3 is 2.38 bits per heavy atom. The zero-order valence-corrected chi connectivity index (χ0v) is 17.2. The number of hydrogen-bond acceptors (Lipinski definition) is 3. The molecule has 0 radical (unpaired) electrons. The maximum Gasteiger partial charge on any atom is 0.265 e. The minimum atomic E-state index is -0.586. The first-order chi connectivity index (χ1) is 14.1. The third kappa shape index (κ3) is 5.83. The van der Waals surface area contributed by atoms with Crippen molar-refractivity contribution in [1.29, 1.82) is 0 Å². The normalized spacial score (nSPS) is 15.4. The van der Waals surface area contributed by atoms with E-state index < -0.39 is 6.10 Å². The van der Waals surface area contributed by atoms with Crippen molar-refractivity contribution in [1.82, 2.24) is 0 Å². The van der Waals surface area contributed by atoms with Crippen molar-refractivity contribution in [3.8, 4) is 5.75 Å². The Hall–Kier alpha value is -2.82. The molecule has 1 aliphatic carbocycles. The number of nitrogens with one attached hydrogen (secondary N) is 2. The Kier molecular flexibility index (Phi) is 7.28. The lowest BCUT2D eigenvalue weighted by atomic mass is 9.88. The molecule has 29 heavy (non-hydrogen) atoms. The molecule has 2 amide bonds. The Bertz CT molecular complexity index is 844. The van der Waals surface area contributed by atoms with Crippen molar-refractivity contribution in [2.45, 2.75) is 58.5 Å². The maximum atomic E-state index is 12.7. The highest BCUT2D eigenvalue weighted by Crippen LogP contribution is 2.26. The summed E-state index contributed by atoms with van der Waals surface area (Å²) in [6.45, 7) is 3.88. The molecule has 2 N–H and O–H groups in total. The van der Waals surface area contributed by atoms with Crippen LogP contribution < -0.4 is 15.4 Å². The molecule has 1 unspecified atom stereocenters. The van der Waals surface area contributed by atoms with Crippen LogP contribution >= 0.6 is 0 Å². The quantitative estimate of drug-likeness (QED) is 0.669. The predicted molar refractivity (Wildman–Crippen MR) is 116 cm³/mol. The van der Waals surface area contributed by atoms with Crippen LogP contribution in [0.3, 0.4) is 0 Å². The molecule has 154 valence electrons. The number of rotatable bonds is 7. The first-order valence-corrected chi connectivity index (χ1v) is 10.5. The van der Waals surface area contributed by atoms with E-state index in [0.29, 0.717) is 23.5 Å². The number of carbonyl (C=O) groups excluding carboxylic acids is 2. The van der Waals surface area contributed by atoms with Crippen molar-refractivity contribution in [2.24, 2.45) is 5.92 Å². The summed E-state index contributed by atoms with van der Waals surface area (Å²) >= 11 is 0. The molecule has 5 heteroatoms. The monoisotopic (exact) mass is 394 g/mol. The van der Waals surface area contributed by atoms with Crippen LogP contribution in [0.15, 0.2) is 48.5 Å². The highest BCUT2D eigenvalue weighted by molar-refractivity contribution is 5.96. The number of benzene rings is 2. The number of para-hydroxylation sites is 1. The molecule has 0 spiro atoms. The fourth-order valence-electron chi connectivity index (χ4n) is 3.67. The van der Waals surface area contributed by atoms with Gasteiger partial charge in [-0.2, -0.15) is 0 Å². The van der Waals surface area contributed by atoms with E-state index in [9.17, 15) is 9.59 Å². The Morgan fingerprint density at radius 1 is 1.00 bits per heavy atom. The van der Waals surface area contributed by atoms with Gasteiger partial charge in [-0.05, 0) is 56.0 Å². The van der Waals surface area contributed by atoms with Crippen LogP contribution in [-0.4, -0.2) is 17.9 Å². The van der Waals surface area contributed by atoms with Gasteiger partial charge in [0.15, 0.2) is 6.10 Å². The first kappa shape index (κ1) is 20.9. The fourth-order valence-corrected chi connectivity index (χ4v) is 3.67. The Labute approximate surface area is 172 Å². The molecule has 0 saturated heterocycles. The molecule has 3 rings (SSSR count). The van der Waals surface area contributed by atoms with Crippen molar-refractivity contribution in [2.75, 3.05) is 10.6 Å². The van der Waals surface area contributed by atoms with Crippen molar-refractivity contribution < 1.29 is 14.3 Å². The SMILES string of the molecule is CCC(Oc1ccccc1C)C(=O)Nc1cccc(NC(=O)C2CCCCC2)c1. The maximum absolute atomic E-state index is 12.7. The van der Waals surface area contributed by atoms with Gasteiger partial charge in [0.05, 0.1) is 0 Å². The van der Waals surface area contributed by atoms with Crippen LogP contribution in [0, 0.1) is 12.8 Å².